The van der Waals surface area contributed by atoms with Crippen LogP contribution in [0.4, 0.5) is 5.82 Å². The smallest absolute Gasteiger partial charge is 0.326 e. The third-order valence-electron chi connectivity index (χ3n) is 4.42. The van der Waals surface area contributed by atoms with Crippen LogP contribution in [0.5, 0.6) is 0 Å². The van der Waals surface area contributed by atoms with Crippen LogP contribution in [0, 0.1) is 0 Å². The molecule has 0 spiro atoms. The zero-order chi connectivity index (χ0) is 15.0. The Morgan fingerprint density at radius 3 is 2.76 bits per heavy atom. The van der Waals surface area contributed by atoms with Gasteiger partial charge in [0, 0.05) is 18.7 Å². The Morgan fingerprint density at radius 1 is 1.38 bits per heavy atom. The zero-order valence-electron chi connectivity index (χ0n) is 12.0. The van der Waals surface area contributed by atoms with Gasteiger partial charge in [-0.1, -0.05) is 6.07 Å². The van der Waals surface area contributed by atoms with E-state index in [-0.39, 0.29) is 12.3 Å². The number of nitrogens with zero attached hydrogens (tertiary/aromatic N) is 3. The molecule has 21 heavy (non-hydrogen) atoms. The first-order chi connectivity index (χ1) is 10.1. The Bertz CT molecular complexity index is 558. The Hall–Kier alpha value is -1.95. The second-order valence-corrected chi connectivity index (χ2v) is 5.74. The van der Waals surface area contributed by atoms with Crippen LogP contribution in [-0.4, -0.2) is 46.5 Å². The van der Waals surface area contributed by atoms with Crippen LogP contribution in [0.3, 0.4) is 0 Å². The lowest BCUT2D eigenvalue weighted by Gasteiger charge is -2.23. The first kappa shape index (κ1) is 14.0. The van der Waals surface area contributed by atoms with E-state index in [1.807, 2.05) is 6.07 Å². The van der Waals surface area contributed by atoms with Crippen LogP contribution in [0.15, 0.2) is 18.3 Å². The number of likely N-dealkylation sites (tertiary alicyclic amines) is 1. The highest BCUT2D eigenvalue weighted by molar-refractivity contribution is 6.01. The Balaban J connectivity index is 1.83. The van der Waals surface area contributed by atoms with Gasteiger partial charge in [0.2, 0.25) is 5.91 Å². The molecule has 1 amide bonds. The van der Waals surface area contributed by atoms with Crippen LogP contribution in [-0.2, 0) is 9.59 Å². The SMILES string of the molecule is CN1CCCC1c1ccc(N2C(=O)CC[C@H]2C(=O)O)nc1. The fourth-order valence-electron chi connectivity index (χ4n) is 3.27. The minimum Gasteiger partial charge on any atom is -0.480 e. The van der Waals surface area contributed by atoms with Gasteiger partial charge in [0.25, 0.3) is 0 Å². The molecule has 3 rings (SSSR count). The molecule has 6 heteroatoms. The summed E-state index contributed by atoms with van der Waals surface area (Å²) in [6.07, 6.45) is 4.67. The van der Waals surface area contributed by atoms with Crippen LogP contribution in [0.2, 0.25) is 0 Å². The number of hydrogen-bond donors (Lipinski definition) is 1. The molecule has 2 aliphatic rings. The van der Waals surface area contributed by atoms with Crippen molar-refractivity contribution in [3.63, 3.8) is 0 Å². The van der Waals surface area contributed by atoms with Crippen molar-refractivity contribution in [3.8, 4) is 0 Å². The largest absolute Gasteiger partial charge is 0.480 e. The van der Waals surface area contributed by atoms with Crippen LogP contribution >= 0.6 is 0 Å². The molecule has 0 bridgehead atoms. The average molecular weight is 289 g/mol. The number of pyridine rings is 1. The van der Waals surface area contributed by atoms with Gasteiger partial charge < -0.3 is 5.11 Å². The van der Waals surface area contributed by atoms with Crippen molar-refractivity contribution < 1.29 is 14.7 Å². The fourth-order valence-corrected chi connectivity index (χ4v) is 3.27. The minimum absolute atomic E-state index is 0.166. The number of anilines is 1. The highest BCUT2D eigenvalue weighted by Gasteiger charge is 2.37. The number of rotatable bonds is 3. The molecule has 1 aromatic heterocycles. The number of carbonyl (C=O) groups excluding carboxylic acids is 1. The van der Waals surface area contributed by atoms with Crippen molar-refractivity contribution in [1.82, 2.24) is 9.88 Å². The third-order valence-corrected chi connectivity index (χ3v) is 4.42. The Morgan fingerprint density at radius 2 is 2.19 bits per heavy atom. The number of aromatic nitrogens is 1. The second kappa shape index (κ2) is 5.44. The van der Waals surface area contributed by atoms with Gasteiger partial charge in [0.1, 0.15) is 11.9 Å². The number of amides is 1. The van der Waals surface area contributed by atoms with Gasteiger partial charge in [-0.25, -0.2) is 9.78 Å². The molecule has 0 radical (unpaired) electrons. The molecule has 0 aliphatic carbocycles. The van der Waals surface area contributed by atoms with Crippen molar-refractivity contribution in [2.24, 2.45) is 0 Å². The summed E-state index contributed by atoms with van der Waals surface area (Å²) in [5.41, 5.74) is 1.12. The maximum atomic E-state index is 11.9. The number of carbonyl (C=O) groups is 2. The summed E-state index contributed by atoms with van der Waals surface area (Å²) in [5, 5.41) is 9.20. The Labute approximate surface area is 123 Å². The Kier molecular flexibility index (Phi) is 3.63. The minimum atomic E-state index is -0.970. The molecule has 1 unspecified atom stereocenters. The highest BCUT2D eigenvalue weighted by Crippen LogP contribution is 2.31. The lowest BCUT2D eigenvalue weighted by Crippen LogP contribution is -2.39. The van der Waals surface area contributed by atoms with Gasteiger partial charge in [-0.05, 0) is 44.5 Å². The summed E-state index contributed by atoms with van der Waals surface area (Å²) in [7, 11) is 2.09. The summed E-state index contributed by atoms with van der Waals surface area (Å²) in [6, 6.07) is 3.31. The van der Waals surface area contributed by atoms with Gasteiger partial charge in [-0.15, -0.1) is 0 Å². The van der Waals surface area contributed by atoms with E-state index >= 15 is 0 Å². The molecule has 2 aliphatic heterocycles. The molecule has 1 N–H and O–H groups in total. The van der Waals surface area contributed by atoms with E-state index in [9.17, 15) is 14.7 Å². The van der Waals surface area contributed by atoms with E-state index in [0.29, 0.717) is 18.3 Å². The van der Waals surface area contributed by atoms with E-state index < -0.39 is 12.0 Å². The zero-order valence-corrected chi connectivity index (χ0v) is 12.0. The lowest BCUT2D eigenvalue weighted by molar-refractivity contribution is -0.138. The number of aliphatic carboxylic acids is 1. The fraction of sp³-hybridized carbons (Fsp3) is 0.533. The van der Waals surface area contributed by atoms with E-state index in [4.69, 9.17) is 0 Å². The predicted octanol–water partition coefficient (Wildman–Crippen LogP) is 1.43. The van der Waals surface area contributed by atoms with Gasteiger partial charge in [0.05, 0.1) is 0 Å². The summed E-state index contributed by atoms with van der Waals surface area (Å²) in [4.78, 5) is 31.1. The molecular weight excluding hydrogens is 270 g/mol. The van der Waals surface area contributed by atoms with Crippen molar-refractivity contribution in [3.05, 3.63) is 23.9 Å². The molecule has 112 valence electrons. The summed E-state index contributed by atoms with van der Waals surface area (Å²) < 4.78 is 0. The molecule has 2 fully saturated rings. The topological polar surface area (TPSA) is 73.7 Å². The maximum Gasteiger partial charge on any atom is 0.326 e. The lowest BCUT2D eigenvalue weighted by atomic mass is 10.1. The van der Waals surface area contributed by atoms with Crippen LogP contribution < -0.4 is 4.90 Å². The first-order valence-electron chi connectivity index (χ1n) is 7.29. The molecule has 0 saturated carbocycles. The summed E-state index contributed by atoms with van der Waals surface area (Å²) in [6.45, 7) is 1.08. The normalized spacial score (nSPS) is 26.5. The van der Waals surface area contributed by atoms with E-state index in [1.54, 1.807) is 12.3 Å². The third kappa shape index (κ3) is 2.51. The summed E-state index contributed by atoms with van der Waals surface area (Å²) in [5.74, 6) is -0.697. The van der Waals surface area contributed by atoms with Crippen molar-refractivity contribution >= 4 is 17.7 Å². The standard InChI is InChI=1S/C15H19N3O3/c1-17-8-2-3-11(17)10-4-6-13(16-9-10)18-12(15(20)21)5-7-14(18)19/h4,6,9,11-12H,2-3,5,7-8H2,1H3,(H,20,21)/t11?,12-/m0/s1. The molecule has 2 atom stereocenters. The number of hydrogen-bond acceptors (Lipinski definition) is 4. The van der Waals surface area contributed by atoms with E-state index in [1.165, 1.54) is 11.3 Å². The van der Waals surface area contributed by atoms with Crippen molar-refractivity contribution in [2.75, 3.05) is 18.5 Å². The number of carboxylic acid groups (broad SMARTS) is 1. The van der Waals surface area contributed by atoms with Crippen molar-refractivity contribution in [2.45, 2.75) is 37.8 Å². The first-order valence-corrected chi connectivity index (χ1v) is 7.29. The monoisotopic (exact) mass is 289 g/mol. The van der Waals surface area contributed by atoms with Gasteiger partial charge in [0.15, 0.2) is 0 Å². The molecule has 2 saturated heterocycles. The van der Waals surface area contributed by atoms with Crippen LogP contribution in [0.1, 0.15) is 37.3 Å². The molecule has 6 nitrogen and oxygen atoms in total. The average Bonchev–Trinajstić information content (AvgIpc) is 3.05. The van der Waals surface area contributed by atoms with E-state index in [0.717, 1.165) is 18.5 Å². The molecule has 0 aromatic carbocycles. The van der Waals surface area contributed by atoms with Gasteiger partial charge in [-0.2, -0.15) is 0 Å². The maximum absolute atomic E-state index is 11.9. The van der Waals surface area contributed by atoms with E-state index in [2.05, 4.69) is 16.9 Å². The highest BCUT2D eigenvalue weighted by atomic mass is 16.4. The number of carboxylic acids is 1. The van der Waals surface area contributed by atoms with Gasteiger partial charge in [-0.3, -0.25) is 14.6 Å². The van der Waals surface area contributed by atoms with Crippen molar-refractivity contribution in [1.29, 1.82) is 0 Å². The molecule has 3 heterocycles. The summed E-state index contributed by atoms with van der Waals surface area (Å²) >= 11 is 0. The van der Waals surface area contributed by atoms with Gasteiger partial charge >= 0.3 is 5.97 Å². The molecular formula is C15H19N3O3. The molecule has 1 aromatic rings. The predicted molar refractivity (Wildman–Crippen MR) is 77.0 cm³/mol. The second-order valence-electron chi connectivity index (χ2n) is 5.74. The van der Waals surface area contributed by atoms with Crippen LogP contribution in [0.25, 0.3) is 0 Å². The quantitative estimate of drug-likeness (QED) is 0.911.